The van der Waals surface area contributed by atoms with Crippen molar-refractivity contribution in [3.63, 3.8) is 0 Å². The molecule has 4 bridgehead atoms. The van der Waals surface area contributed by atoms with Crippen molar-refractivity contribution in [1.82, 2.24) is 20.2 Å². The van der Waals surface area contributed by atoms with E-state index in [4.69, 9.17) is 5.73 Å². The molecule has 4 saturated carbocycles. The Labute approximate surface area is 94.4 Å². The number of anilines is 1. The van der Waals surface area contributed by atoms with E-state index in [1.807, 2.05) is 4.80 Å². The van der Waals surface area contributed by atoms with Crippen molar-refractivity contribution in [2.75, 3.05) is 5.73 Å². The Kier molecular flexibility index (Phi) is 1.54. The highest BCUT2D eigenvalue weighted by Crippen LogP contribution is 2.58. The molecule has 1 aromatic heterocycles. The Morgan fingerprint density at radius 1 is 1.06 bits per heavy atom. The summed E-state index contributed by atoms with van der Waals surface area (Å²) in [4.78, 5) is 1.84. The largest absolute Gasteiger partial charge is 0.365 e. The van der Waals surface area contributed by atoms with Crippen LogP contribution in [0.15, 0.2) is 0 Å². The average molecular weight is 219 g/mol. The van der Waals surface area contributed by atoms with Crippen molar-refractivity contribution in [1.29, 1.82) is 0 Å². The predicted octanol–water partition coefficient (Wildman–Crippen LogP) is 1.18. The van der Waals surface area contributed by atoms with E-state index in [-0.39, 0.29) is 5.54 Å². The normalized spacial score (nSPS) is 45.1. The molecule has 86 valence electrons. The molecule has 0 amide bonds. The molecule has 1 aromatic rings. The third-order valence-corrected chi connectivity index (χ3v) is 4.86. The number of rotatable bonds is 1. The fraction of sp³-hybridized carbons (Fsp3) is 0.909. The van der Waals surface area contributed by atoms with E-state index in [2.05, 4.69) is 15.4 Å². The summed E-state index contributed by atoms with van der Waals surface area (Å²) in [5.41, 5.74) is 5.76. The molecule has 1 heterocycles. The molecular formula is C11H17N5. The highest BCUT2D eigenvalue weighted by molar-refractivity contribution is 5.09. The predicted molar refractivity (Wildman–Crippen MR) is 58.4 cm³/mol. The van der Waals surface area contributed by atoms with E-state index >= 15 is 0 Å². The van der Waals surface area contributed by atoms with Crippen molar-refractivity contribution in [2.45, 2.75) is 44.1 Å². The van der Waals surface area contributed by atoms with Crippen molar-refractivity contribution in [3.8, 4) is 0 Å². The lowest BCUT2D eigenvalue weighted by atomic mass is 9.53. The van der Waals surface area contributed by atoms with Crippen LogP contribution in [0.5, 0.6) is 0 Å². The Balaban J connectivity index is 1.76. The third-order valence-electron chi connectivity index (χ3n) is 4.86. The maximum absolute atomic E-state index is 5.59. The zero-order valence-corrected chi connectivity index (χ0v) is 9.34. The number of tetrazole rings is 1. The van der Waals surface area contributed by atoms with Gasteiger partial charge < -0.3 is 5.73 Å². The van der Waals surface area contributed by atoms with Crippen LogP contribution < -0.4 is 5.73 Å². The minimum absolute atomic E-state index is 0.166. The average Bonchev–Trinajstić information content (AvgIpc) is 2.63. The second-order valence-electron chi connectivity index (χ2n) is 6.08. The quantitative estimate of drug-likeness (QED) is 0.770. The first-order valence-electron chi connectivity index (χ1n) is 6.29. The molecule has 0 saturated heterocycles. The Morgan fingerprint density at radius 3 is 2.06 bits per heavy atom. The lowest BCUT2D eigenvalue weighted by Crippen LogP contribution is -2.52. The lowest BCUT2D eigenvalue weighted by molar-refractivity contribution is -0.0573. The number of aromatic nitrogens is 4. The smallest absolute Gasteiger partial charge is 0.260 e. The van der Waals surface area contributed by atoms with Crippen LogP contribution in [0.25, 0.3) is 0 Å². The molecule has 0 aromatic carbocycles. The van der Waals surface area contributed by atoms with Crippen LogP contribution in [0, 0.1) is 17.8 Å². The highest BCUT2D eigenvalue weighted by atomic mass is 15.6. The van der Waals surface area contributed by atoms with Gasteiger partial charge in [0.2, 0.25) is 0 Å². The topological polar surface area (TPSA) is 69.6 Å². The van der Waals surface area contributed by atoms with Crippen molar-refractivity contribution < 1.29 is 0 Å². The van der Waals surface area contributed by atoms with E-state index < -0.39 is 0 Å². The minimum atomic E-state index is 0.166. The maximum atomic E-state index is 5.59. The van der Waals surface area contributed by atoms with Gasteiger partial charge in [0.15, 0.2) is 0 Å². The van der Waals surface area contributed by atoms with Crippen LogP contribution in [0.4, 0.5) is 5.95 Å². The Morgan fingerprint density at radius 2 is 1.62 bits per heavy atom. The minimum Gasteiger partial charge on any atom is -0.365 e. The van der Waals surface area contributed by atoms with Gasteiger partial charge in [-0.05, 0) is 61.5 Å². The first kappa shape index (κ1) is 8.96. The molecule has 5 rings (SSSR count). The molecule has 0 spiro atoms. The van der Waals surface area contributed by atoms with E-state index in [0.29, 0.717) is 5.95 Å². The van der Waals surface area contributed by atoms with Gasteiger partial charge in [-0.3, -0.25) is 0 Å². The van der Waals surface area contributed by atoms with Gasteiger partial charge in [-0.2, -0.15) is 4.80 Å². The van der Waals surface area contributed by atoms with Gasteiger partial charge >= 0.3 is 0 Å². The van der Waals surface area contributed by atoms with Crippen LogP contribution in [-0.2, 0) is 5.54 Å². The van der Waals surface area contributed by atoms with E-state index in [9.17, 15) is 0 Å². The first-order chi connectivity index (χ1) is 7.73. The second-order valence-corrected chi connectivity index (χ2v) is 6.08. The number of nitrogens with two attached hydrogens (primary N) is 1. The third kappa shape index (κ3) is 1.09. The van der Waals surface area contributed by atoms with E-state index in [1.165, 1.54) is 38.5 Å². The number of nitrogens with zero attached hydrogens (tertiary/aromatic N) is 4. The summed E-state index contributed by atoms with van der Waals surface area (Å²) in [5.74, 6) is 3.02. The Hall–Kier alpha value is -1.13. The van der Waals surface area contributed by atoms with Crippen LogP contribution >= 0.6 is 0 Å². The Bertz CT molecular complexity index is 388. The molecule has 16 heavy (non-hydrogen) atoms. The second kappa shape index (κ2) is 2.76. The van der Waals surface area contributed by atoms with Gasteiger partial charge in [0.1, 0.15) is 0 Å². The van der Waals surface area contributed by atoms with Gasteiger partial charge in [0.25, 0.3) is 5.95 Å². The molecule has 2 N–H and O–H groups in total. The molecule has 4 aliphatic rings. The first-order valence-corrected chi connectivity index (χ1v) is 6.29. The standard InChI is InChI=1S/C11H17N5/c12-10-13-15-16(14-10)11-4-7-1-8(5-11)3-9(2-7)6-11/h7-9H,1-6H2,(H2,12,14). The van der Waals surface area contributed by atoms with Crippen LogP contribution in [0.3, 0.4) is 0 Å². The number of hydrogen-bond acceptors (Lipinski definition) is 4. The monoisotopic (exact) mass is 219 g/mol. The van der Waals surface area contributed by atoms with Gasteiger partial charge in [-0.1, -0.05) is 5.10 Å². The van der Waals surface area contributed by atoms with Crippen molar-refractivity contribution in [2.24, 2.45) is 17.8 Å². The summed E-state index contributed by atoms with van der Waals surface area (Å²) >= 11 is 0. The van der Waals surface area contributed by atoms with Crippen LogP contribution in [-0.4, -0.2) is 20.2 Å². The summed E-state index contributed by atoms with van der Waals surface area (Å²) < 4.78 is 0. The molecule has 0 atom stereocenters. The fourth-order valence-corrected chi connectivity index (χ4v) is 4.74. The van der Waals surface area contributed by atoms with Gasteiger partial charge in [0, 0.05) is 0 Å². The highest BCUT2D eigenvalue weighted by Gasteiger charge is 2.53. The summed E-state index contributed by atoms with van der Waals surface area (Å²) in [7, 11) is 0. The molecule has 4 fully saturated rings. The number of nitrogen functional groups attached to an aromatic ring is 1. The molecule has 4 aliphatic carbocycles. The summed E-state index contributed by atoms with van der Waals surface area (Å²) in [6.45, 7) is 0. The van der Waals surface area contributed by atoms with E-state index in [1.54, 1.807) is 0 Å². The fourth-order valence-electron chi connectivity index (χ4n) is 4.74. The van der Waals surface area contributed by atoms with Gasteiger partial charge in [0.05, 0.1) is 5.54 Å². The van der Waals surface area contributed by atoms with Crippen LogP contribution in [0.2, 0.25) is 0 Å². The molecule has 5 heteroatoms. The van der Waals surface area contributed by atoms with Crippen molar-refractivity contribution >= 4 is 5.95 Å². The summed E-state index contributed by atoms with van der Waals surface area (Å²) in [6.07, 6.45) is 8.04. The SMILES string of the molecule is Nc1nnn(C23CC4CC(CC(C4)C2)C3)n1. The molecular weight excluding hydrogens is 202 g/mol. The molecule has 0 aliphatic heterocycles. The van der Waals surface area contributed by atoms with Gasteiger partial charge in [-0.25, -0.2) is 0 Å². The lowest BCUT2D eigenvalue weighted by Gasteiger charge is -2.55. The van der Waals surface area contributed by atoms with Crippen LogP contribution in [0.1, 0.15) is 38.5 Å². The summed E-state index contributed by atoms with van der Waals surface area (Å²) in [5, 5.41) is 12.3. The number of hydrogen-bond donors (Lipinski definition) is 1. The maximum Gasteiger partial charge on any atom is 0.260 e. The molecule has 0 radical (unpaired) electrons. The van der Waals surface area contributed by atoms with Gasteiger partial charge in [-0.15, -0.1) is 5.10 Å². The zero-order chi connectivity index (χ0) is 10.8. The summed E-state index contributed by atoms with van der Waals surface area (Å²) in [6, 6.07) is 0. The van der Waals surface area contributed by atoms with Crippen molar-refractivity contribution in [3.05, 3.63) is 0 Å². The molecule has 0 unspecified atom stereocenters. The van der Waals surface area contributed by atoms with E-state index in [0.717, 1.165) is 17.8 Å². The molecule has 5 nitrogen and oxygen atoms in total. The zero-order valence-electron chi connectivity index (χ0n) is 9.34.